The molecule has 0 heterocycles. The van der Waals surface area contributed by atoms with E-state index in [-0.39, 0.29) is 17.0 Å². The van der Waals surface area contributed by atoms with Crippen molar-refractivity contribution in [3.63, 3.8) is 0 Å². The van der Waals surface area contributed by atoms with E-state index in [1.165, 1.54) is 0 Å². The zero-order valence-electron chi connectivity index (χ0n) is 10.9. The molecule has 0 atom stereocenters. The predicted molar refractivity (Wildman–Crippen MR) is 75.5 cm³/mol. The molecule has 0 aliphatic carbocycles. The monoisotopic (exact) mass is 256 g/mol. The third-order valence-corrected chi connectivity index (χ3v) is 2.92. The van der Waals surface area contributed by atoms with E-state index in [1.54, 1.807) is 13.8 Å². The number of hydrogen-bond acceptors (Lipinski definition) is 2. The SMILES string of the molecule is CC(=O)c1ccc(-c2ccc(C(C)=O)cc2)cc1.O. The number of carbonyl (C=O) groups is 2. The van der Waals surface area contributed by atoms with Crippen molar-refractivity contribution in [2.75, 3.05) is 0 Å². The molecule has 98 valence electrons. The minimum Gasteiger partial charge on any atom is -0.412 e. The van der Waals surface area contributed by atoms with Crippen molar-refractivity contribution in [1.82, 2.24) is 0 Å². The van der Waals surface area contributed by atoms with Gasteiger partial charge in [0.1, 0.15) is 0 Å². The second-order valence-corrected chi connectivity index (χ2v) is 4.27. The van der Waals surface area contributed by atoms with E-state index in [1.807, 2.05) is 48.5 Å². The van der Waals surface area contributed by atoms with Gasteiger partial charge in [0, 0.05) is 11.1 Å². The fourth-order valence-corrected chi connectivity index (χ4v) is 1.79. The van der Waals surface area contributed by atoms with Crippen molar-refractivity contribution < 1.29 is 15.1 Å². The highest BCUT2D eigenvalue weighted by Gasteiger charge is 2.02. The molecule has 0 amide bonds. The van der Waals surface area contributed by atoms with Crippen LogP contribution in [0, 0.1) is 0 Å². The Morgan fingerprint density at radius 2 is 0.895 bits per heavy atom. The molecule has 2 aromatic carbocycles. The summed E-state index contributed by atoms with van der Waals surface area (Å²) >= 11 is 0. The number of Topliss-reactive ketones (excluding diaryl/α,β-unsaturated/α-hetero) is 2. The molecule has 0 radical (unpaired) electrons. The lowest BCUT2D eigenvalue weighted by Gasteiger charge is -2.03. The summed E-state index contributed by atoms with van der Waals surface area (Å²) in [7, 11) is 0. The van der Waals surface area contributed by atoms with E-state index in [0.29, 0.717) is 11.1 Å². The first-order chi connectivity index (χ1) is 8.58. The standard InChI is InChI=1S/C16H14O2.H2O/c1-11(17)13-3-7-15(8-4-13)16-9-5-14(6-10-16)12(2)18;/h3-10H,1-2H3;1H2. The maximum Gasteiger partial charge on any atom is 0.159 e. The van der Waals surface area contributed by atoms with E-state index in [2.05, 4.69) is 0 Å². The van der Waals surface area contributed by atoms with Crippen LogP contribution in [0.1, 0.15) is 34.6 Å². The molecule has 2 aromatic rings. The Labute approximate surface area is 112 Å². The molecule has 0 fully saturated rings. The summed E-state index contributed by atoms with van der Waals surface area (Å²) in [5.74, 6) is 0.127. The lowest BCUT2D eigenvalue weighted by molar-refractivity contribution is 0.100. The highest BCUT2D eigenvalue weighted by Crippen LogP contribution is 2.20. The molecule has 3 nitrogen and oxygen atoms in total. The molecule has 19 heavy (non-hydrogen) atoms. The molecule has 2 rings (SSSR count). The third kappa shape index (κ3) is 3.36. The van der Waals surface area contributed by atoms with Gasteiger partial charge in [-0.05, 0) is 25.0 Å². The van der Waals surface area contributed by atoms with Gasteiger partial charge in [0.25, 0.3) is 0 Å². The molecule has 0 bridgehead atoms. The van der Waals surface area contributed by atoms with Crippen LogP contribution in [0.2, 0.25) is 0 Å². The van der Waals surface area contributed by atoms with E-state index >= 15 is 0 Å². The molecule has 0 spiro atoms. The average molecular weight is 256 g/mol. The van der Waals surface area contributed by atoms with Crippen LogP contribution in [-0.2, 0) is 0 Å². The van der Waals surface area contributed by atoms with Gasteiger partial charge in [-0.3, -0.25) is 9.59 Å². The number of rotatable bonds is 3. The second kappa shape index (κ2) is 6.07. The molecule has 3 heteroatoms. The topological polar surface area (TPSA) is 65.6 Å². The van der Waals surface area contributed by atoms with Crippen LogP contribution in [0.4, 0.5) is 0 Å². The van der Waals surface area contributed by atoms with Crippen LogP contribution in [0.5, 0.6) is 0 Å². The molecular formula is C16H16O3. The van der Waals surface area contributed by atoms with Crippen molar-refractivity contribution in [1.29, 1.82) is 0 Å². The Morgan fingerprint density at radius 3 is 1.11 bits per heavy atom. The quantitative estimate of drug-likeness (QED) is 0.792. The smallest absolute Gasteiger partial charge is 0.159 e. The van der Waals surface area contributed by atoms with Gasteiger partial charge in [-0.2, -0.15) is 0 Å². The van der Waals surface area contributed by atoms with Crippen molar-refractivity contribution in [3.8, 4) is 11.1 Å². The first-order valence-electron chi connectivity index (χ1n) is 5.80. The van der Waals surface area contributed by atoms with Crippen molar-refractivity contribution in [3.05, 3.63) is 59.7 Å². The fourth-order valence-electron chi connectivity index (χ4n) is 1.79. The zero-order valence-corrected chi connectivity index (χ0v) is 10.9. The molecule has 0 aromatic heterocycles. The Bertz CT molecular complexity index is 525. The third-order valence-electron chi connectivity index (χ3n) is 2.92. The molecule has 0 aliphatic heterocycles. The van der Waals surface area contributed by atoms with Crippen LogP contribution < -0.4 is 0 Å². The van der Waals surface area contributed by atoms with Crippen LogP contribution in [0.15, 0.2) is 48.5 Å². The first kappa shape index (κ1) is 14.8. The Kier molecular flexibility index (Phi) is 4.73. The maximum atomic E-state index is 11.2. The summed E-state index contributed by atoms with van der Waals surface area (Å²) in [5, 5.41) is 0. The lowest BCUT2D eigenvalue weighted by Crippen LogP contribution is -1.92. The Hall–Kier alpha value is -2.26. The van der Waals surface area contributed by atoms with E-state index < -0.39 is 0 Å². The van der Waals surface area contributed by atoms with Gasteiger partial charge in [0.15, 0.2) is 11.6 Å². The van der Waals surface area contributed by atoms with Crippen LogP contribution in [0.3, 0.4) is 0 Å². The largest absolute Gasteiger partial charge is 0.412 e. The van der Waals surface area contributed by atoms with Gasteiger partial charge in [-0.25, -0.2) is 0 Å². The van der Waals surface area contributed by atoms with E-state index in [9.17, 15) is 9.59 Å². The Morgan fingerprint density at radius 1 is 0.632 bits per heavy atom. The highest BCUT2D eigenvalue weighted by molar-refractivity contribution is 5.95. The molecule has 0 saturated carbocycles. The van der Waals surface area contributed by atoms with E-state index in [0.717, 1.165) is 11.1 Å². The van der Waals surface area contributed by atoms with E-state index in [4.69, 9.17) is 0 Å². The average Bonchev–Trinajstić information content (AvgIpc) is 2.39. The van der Waals surface area contributed by atoms with Crippen molar-refractivity contribution >= 4 is 11.6 Å². The second-order valence-electron chi connectivity index (χ2n) is 4.27. The number of hydrogen-bond donors (Lipinski definition) is 0. The number of benzene rings is 2. The van der Waals surface area contributed by atoms with Gasteiger partial charge < -0.3 is 5.48 Å². The first-order valence-corrected chi connectivity index (χ1v) is 5.80. The van der Waals surface area contributed by atoms with Crippen LogP contribution in [-0.4, -0.2) is 17.0 Å². The summed E-state index contributed by atoms with van der Waals surface area (Å²) in [4.78, 5) is 22.4. The Balaban J connectivity index is 0.00000180. The van der Waals surface area contributed by atoms with Crippen LogP contribution in [0.25, 0.3) is 11.1 Å². The predicted octanol–water partition coefficient (Wildman–Crippen LogP) is 2.93. The zero-order chi connectivity index (χ0) is 13.1. The van der Waals surface area contributed by atoms with Crippen molar-refractivity contribution in [2.45, 2.75) is 13.8 Å². The summed E-state index contributed by atoms with van der Waals surface area (Å²) in [6.45, 7) is 3.10. The lowest BCUT2D eigenvalue weighted by atomic mass is 10.0. The highest BCUT2D eigenvalue weighted by atomic mass is 16.1. The minimum atomic E-state index is 0. The normalized spacial score (nSPS) is 9.58. The molecule has 2 N–H and O–H groups in total. The minimum absolute atomic E-state index is 0. The maximum absolute atomic E-state index is 11.2. The van der Waals surface area contributed by atoms with Gasteiger partial charge in [0.05, 0.1) is 0 Å². The molecular weight excluding hydrogens is 240 g/mol. The fraction of sp³-hybridized carbons (Fsp3) is 0.125. The summed E-state index contributed by atoms with van der Waals surface area (Å²) in [6.07, 6.45) is 0. The number of carbonyl (C=O) groups excluding carboxylic acids is 2. The van der Waals surface area contributed by atoms with Gasteiger partial charge in [-0.1, -0.05) is 48.5 Å². The van der Waals surface area contributed by atoms with Gasteiger partial charge >= 0.3 is 0 Å². The summed E-state index contributed by atoms with van der Waals surface area (Å²) in [6, 6.07) is 14.9. The van der Waals surface area contributed by atoms with Crippen LogP contribution >= 0.6 is 0 Å². The van der Waals surface area contributed by atoms with Gasteiger partial charge in [-0.15, -0.1) is 0 Å². The van der Waals surface area contributed by atoms with Crippen molar-refractivity contribution in [2.24, 2.45) is 0 Å². The molecule has 0 saturated heterocycles. The summed E-state index contributed by atoms with van der Waals surface area (Å²) < 4.78 is 0. The molecule has 0 aliphatic rings. The number of ketones is 2. The van der Waals surface area contributed by atoms with Gasteiger partial charge in [0.2, 0.25) is 0 Å². The molecule has 0 unspecified atom stereocenters. The summed E-state index contributed by atoms with van der Waals surface area (Å²) in [5.41, 5.74) is 3.49.